The molecule has 3 rings (SSSR count). The predicted molar refractivity (Wildman–Crippen MR) is 95.2 cm³/mol. The Bertz CT molecular complexity index is 974. The standard InChI is InChI=1S/C18H13F2N3O3S/c19-13-2-1-3-14(20)11(13)4-5-16(24)22-17-12(8-21)10-6-7-23(18(25)26)9-15(10)27-17/h1-5H,6-7,9H2,(H,22,24)(H,25,26). The van der Waals surface area contributed by atoms with Crippen molar-refractivity contribution in [1.82, 2.24) is 4.90 Å². The van der Waals surface area contributed by atoms with E-state index in [9.17, 15) is 23.6 Å². The molecule has 1 aromatic heterocycles. The first-order valence-electron chi connectivity index (χ1n) is 7.86. The molecule has 1 aromatic carbocycles. The molecule has 0 saturated heterocycles. The van der Waals surface area contributed by atoms with Gasteiger partial charge < -0.3 is 15.3 Å². The second-order valence-electron chi connectivity index (χ2n) is 5.73. The molecule has 6 nitrogen and oxygen atoms in total. The highest BCUT2D eigenvalue weighted by Crippen LogP contribution is 2.36. The normalized spacial score (nSPS) is 13.3. The van der Waals surface area contributed by atoms with Gasteiger partial charge in [0.25, 0.3) is 0 Å². The lowest BCUT2D eigenvalue weighted by Gasteiger charge is -2.23. The highest BCUT2D eigenvalue weighted by molar-refractivity contribution is 7.16. The fourth-order valence-corrected chi connectivity index (χ4v) is 3.97. The molecule has 0 fully saturated rings. The van der Waals surface area contributed by atoms with E-state index in [0.29, 0.717) is 21.9 Å². The van der Waals surface area contributed by atoms with E-state index in [1.54, 1.807) is 0 Å². The molecule has 0 radical (unpaired) electrons. The molecule has 0 unspecified atom stereocenters. The molecule has 9 heteroatoms. The van der Waals surface area contributed by atoms with Crippen LogP contribution in [-0.4, -0.2) is 28.6 Å². The second kappa shape index (κ2) is 7.55. The van der Waals surface area contributed by atoms with Gasteiger partial charge >= 0.3 is 6.09 Å². The van der Waals surface area contributed by atoms with Crippen LogP contribution in [0.25, 0.3) is 6.08 Å². The molecule has 1 aliphatic rings. The molecule has 0 aliphatic carbocycles. The number of hydrogen-bond acceptors (Lipinski definition) is 4. The first kappa shape index (κ1) is 18.5. The molecular formula is C18H13F2N3O3S. The minimum absolute atomic E-state index is 0.149. The van der Waals surface area contributed by atoms with Crippen molar-refractivity contribution in [2.75, 3.05) is 11.9 Å². The molecule has 2 amide bonds. The Kier molecular flexibility index (Phi) is 5.19. The van der Waals surface area contributed by atoms with Gasteiger partial charge in [-0.2, -0.15) is 5.26 Å². The summed E-state index contributed by atoms with van der Waals surface area (Å²) in [5.74, 6) is -2.24. The predicted octanol–water partition coefficient (Wildman–Crippen LogP) is 3.59. The summed E-state index contributed by atoms with van der Waals surface area (Å²) in [4.78, 5) is 25.1. The smallest absolute Gasteiger partial charge is 0.407 e. The summed E-state index contributed by atoms with van der Waals surface area (Å²) >= 11 is 1.12. The molecule has 27 heavy (non-hydrogen) atoms. The maximum Gasteiger partial charge on any atom is 0.407 e. The van der Waals surface area contributed by atoms with Crippen molar-refractivity contribution in [3.63, 3.8) is 0 Å². The van der Waals surface area contributed by atoms with Crippen molar-refractivity contribution in [1.29, 1.82) is 5.26 Å². The number of hydrogen-bond donors (Lipinski definition) is 2. The van der Waals surface area contributed by atoms with E-state index in [1.165, 1.54) is 11.0 Å². The number of carbonyl (C=O) groups excluding carboxylic acids is 1. The number of fused-ring (bicyclic) bond motifs is 1. The van der Waals surface area contributed by atoms with Crippen molar-refractivity contribution in [2.24, 2.45) is 0 Å². The molecule has 0 atom stereocenters. The van der Waals surface area contributed by atoms with E-state index in [-0.39, 0.29) is 18.7 Å². The molecule has 0 bridgehead atoms. The number of carbonyl (C=O) groups is 2. The average Bonchev–Trinajstić information content (AvgIpc) is 2.97. The van der Waals surface area contributed by atoms with Gasteiger partial charge in [0.05, 0.1) is 12.1 Å². The summed E-state index contributed by atoms with van der Waals surface area (Å²) < 4.78 is 27.2. The van der Waals surface area contributed by atoms with Gasteiger partial charge in [0.2, 0.25) is 5.91 Å². The molecule has 138 valence electrons. The molecule has 0 spiro atoms. The zero-order valence-corrected chi connectivity index (χ0v) is 14.6. The summed E-state index contributed by atoms with van der Waals surface area (Å²) in [6, 6.07) is 5.41. The lowest BCUT2D eigenvalue weighted by Crippen LogP contribution is -2.34. The van der Waals surface area contributed by atoms with E-state index < -0.39 is 23.6 Å². The van der Waals surface area contributed by atoms with E-state index in [4.69, 9.17) is 5.11 Å². The number of carboxylic acid groups (broad SMARTS) is 1. The van der Waals surface area contributed by atoms with Crippen LogP contribution in [0.3, 0.4) is 0 Å². The zero-order chi connectivity index (χ0) is 19.6. The Morgan fingerprint density at radius 2 is 2.04 bits per heavy atom. The zero-order valence-electron chi connectivity index (χ0n) is 13.8. The molecular weight excluding hydrogens is 376 g/mol. The highest BCUT2D eigenvalue weighted by atomic mass is 32.1. The number of anilines is 1. The quantitative estimate of drug-likeness (QED) is 0.785. The van der Waals surface area contributed by atoms with Crippen LogP contribution in [0, 0.1) is 23.0 Å². The Morgan fingerprint density at radius 3 is 2.67 bits per heavy atom. The summed E-state index contributed by atoms with van der Waals surface area (Å²) in [7, 11) is 0. The highest BCUT2D eigenvalue weighted by Gasteiger charge is 2.27. The Hall–Kier alpha value is -3.25. The van der Waals surface area contributed by atoms with Crippen LogP contribution in [0.5, 0.6) is 0 Å². The van der Waals surface area contributed by atoms with Crippen molar-refractivity contribution >= 4 is 34.4 Å². The lowest BCUT2D eigenvalue weighted by atomic mass is 10.0. The first-order chi connectivity index (χ1) is 12.9. The molecule has 2 heterocycles. The van der Waals surface area contributed by atoms with Crippen LogP contribution in [-0.2, 0) is 17.8 Å². The fraction of sp³-hybridized carbons (Fsp3) is 0.167. The van der Waals surface area contributed by atoms with Crippen LogP contribution in [0.4, 0.5) is 18.6 Å². The maximum absolute atomic E-state index is 13.6. The molecule has 2 aromatic rings. The number of nitriles is 1. The van der Waals surface area contributed by atoms with Crippen LogP contribution >= 0.6 is 11.3 Å². The van der Waals surface area contributed by atoms with E-state index >= 15 is 0 Å². The van der Waals surface area contributed by atoms with Crippen molar-refractivity contribution in [3.8, 4) is 6.07 Å². The van der Waals surface area contributed by atoms with Crippen molar-refractivity contribution in [2.45, 2.75) is 13.0 Å². The van der Waals surface area contributed by atoms with Gasteiger partial charge in [-0.25, -0.2) is 13.6 Å². The molecule has 2 N–H and O–H groups in total. The number of amides is 2. The number of thiophene rings is 1. The second-order valence-corrected chi connectivity index (χ2v) is 6.84. The summed E-state index contributed by atoms with van der Waals surface area (Å²) in [5, 5.41) is 21.3. The minimum Gasteiger partial charge on any atom is -0.465 e. The van der Waals surface area contributed by atoms with Gasteiger partial charge in [0.1, 0.15) is 22.7 Å². The SMILES string of the molecule is N#Cc1c(NC(=O)C=Cc2c(F)cccc2F)sc2c1CCN(C(=O)O)C2. The maximum atomic E-state index is 13.6. The van der Waals surface area contributed by atoms with Crippen LogP contribution in [0.1, 0.15) is 21.6 Å². The minimum atomic E-state index is -1.05. The number of nitrogens with one attached hydrogen (secondary N) is 1. The Balaban J connectivity index is 1.80. The molecule has 1 aliphatic heterocycles. The third kappa shape index (κ3) is 3.80. The van der Waals surface area contributed by atoms with Gasteiger partial charge in [0, 0.05) is 23.1 Å². The van der Waals surface area contributed by atoms with E-state index in [0.717, 1.165) is 41.2 Å². The van der Waals surface area contributed by atoms with Gasteiger partial charge in [-0.1, -0.05) is 6.07 Å². The monoisotopic (exact) mass is 389 g/mol. The number of benzene rings is 1. The summed E-state index contributed by atoms with van der Waals surface area (Å²) in [6.07, 6.45) is 1.33. The number of nitrogens with zero attached hydrogens (tertiary/aromatic N) is 2. The summed E-state index contributed by atoms with van der Waals surface area (Å²) in [5.41, 5.74) is 0.675. The third-order valence-electron chi connectivity index (χ3n) is 4.08. The van der Waals surface area contributed by atoms with Gasteiger partial charge in [-0.05, 0) is 30.2 Å². The largest absolute Gasteiger partial charge is 0.465 e. The lowest BCUT2D eigenvalue weighted by molar-refractivity contribution is -0.111. The van der Waals surface area contributed by atoms with Gasteiger partial charge in [-0.3, -0.25) is 4.79 Å². The van der Waals surface area contributed by atoms with Crippen molar-refractivity contribution in [3.05, 3.63) is 57.5 Å². The number of halogens is 2. The first-order valence-corrected chi connectivity index (χ1v) is 8.68. The Labute approximate surface area is 157 Å². The van der Waals surface area contributed by atoms with E-state index in [2.05, 4.69) is 5.32 Å². The molecule has 0 saturated carbocycles. The Morgan fingerprint density at radius 1 is 1.33 bits per heavy atom. The van der Waals surface area contributed by atoms with Gasteiger partial charge in [0.15, 0.2) is 0 Å². The fourth-order valence-electron chi connectivity index (χ4n) is 2.76. The van der Waals surface area contributed by atoms with E-state index in [1.807, 2.05) is 6.07 Å². The van der Waals surface area contributed by atoms with Crippen LogP contribution in [0.15, 0.2) is 24.3 Å². The van der Waals surface area contributed by atoms with Crippen molar-refractivity contribution < 1.29 is 23.5 Å². The van der Waals surface area contributed by atoms with Crippen LogP contribution in [0.2, 0.25) is 0 Å². The third-order valence-corrected chi connectivity index (χ3v) is 5.21. The summed E-state index contributed by atoms with van der Waals surface area (Å²) in [6.45, 7) is 0.420. The number of rotatable bonds is 3. The average molecular weight is 389 g/mol. The van der Waals surface area contributed by atoms with Gasteiger partial charge in [-0.15, -0.1) is 11.3 Å². The topological polar surface area (TPSA) is 93.4 Å². The van der Waals surface area contributed by atoms with Crippen LogP contribution < -0.4 is 5.32 Å².